The number of amides is 2. The molecule has 0 unspecified atom stereocenters. The molecule has 5 nitrogen and oxygen atoms in total. The molecule has 2 aromatic rings. The summed E-state index contributed by atoms with van der Waals surface area (Å²) in [6.07, 6.45) is 4.32. The minimum absolute atomic E-state index is 0.00445. The zero-order chi connectivity index (χ0) is 17.5. The second-order valence-corrected chi connectivity index (χ2v) is 5.66. The average Bonchev–Trinajstić information content (AvgIpc) is 2.59. The number of anilines is 1. The van der Waals surface area contributed by atoms with Crippen LogP contribution in [0.25, 0.3) is 0 Å². The summed E-state index contributed by atoms with van der Waals surface area (Å²) in [5.74, 6) is 0.791. The number of urea groups is 1. The predicted molar refractivity (Wildman–Crippen MR) is 96.4 cm³/mol. The minimum Gasteiger partial charge on any atom is -0.494 e. The third kappa shape index (κ3) is 4.25. The topological polar surface area (TPSA) is 54.5 Å². The van der Waals surface area contributed by atoms with E-state index in [4.69, 9.17) is 4.74 Å². The van der Waals surface area contributed by atoms with Crippen LogP contribution < -0.4 is 10.1 Å². The maximum absolute atomic E-state index is 12.6. The van der Waals surface area contributed by atoms with E-state index in [9.17, 15) is 4.79 Å². The van der Waals surface area contributed by atoms with Crippen LogP contribution in [-0.2, 0) is 0 Å². The molecule has 0 radical (unpaired) electrons. The average molecular weight is 327 g/mol. The molecular weight excluding hydrogens is 302 g/mol. The first-order valence-electron chi connectivity index (χ1n) is 8.24. The van der Waals surface area contributed by atoms with Crippen molar-refractivity contribution >= 4 is 11.7 Å². The van der Waals surface area contributed by atoms with Gasteiger partial charge in [-0.05, 0) is 49.6 Å². The van der Waals surface area contributed by atoms with Crippen LogP contribution in [0, 0.1) is 6.92 Å². The van der Waals surface area contributed by atoms with Gasteiger partial charge in [0.2, 0.25) is 0 Å². The van der Waals surface area contributed by atoms with E-state index in [0.29, 0.717) is 6.61 Å². The lowest BCUT2D eigenvalue weighted by Gasteiger charge is -2.28. The number of aromatic nitrogens is 1. The van der Waals surface area contributed by atoms with Crippen molar-refractivity contribution in [2.75, 3.05) is 19.0 Å². The molecule has 0 fully saturated rings. The van der Waals surface area contributed by atoms with Crippen molar-refractivity contribution in [1.29, 1.82) is 0 Å². The van der Waals surface area contributed by atoms with Gasteiger partial charge in [0, 0.05) is 31.2 Å². The van der Waals surface area contributed by atoms with Crippen LogP contribution in [0.3, 0.4) is 0 Å². The van der Waals surface area contributed by atoms with Gasteiger partial charge >= 0.3 is 6.03 Å². The van der Waals surface area contributed by atoms with E-state index >= 15 is 0 Å². The van der Waals surface area contributed by atoms with Gasteiger partial charge in [-0.25, -0.2) is 4.79 Å². The van der Waals surface area contributed by atoms with Crippen molar-refractivity contribution in [2.24, 2.45) is 0 Å². The van der Waals surface area contributed by atoms with Crippen LogP contribution in [-0.4, -0.2) is 29.6 Å². The second-order valence-electron chi connectivity index (χ2n) is 5.66. The number of pyridine rings is 1. The highest BCUT2D eigenvalue weighted by molar-refractivity contribution is 5.89. The van der Waals surface area contributed by atoms with E-state index in [1.807, 2.05) is 51.2 Å². The van der Waals surface area contributed by atoms with E-state index in [-0.39, 0.29) is 12.1 Å². The number of aryl methyl sites for hydroxylation is 1. The zero-order valence-corrected chi connectivity index (χ0v) is 14.7. The standard InChI is InChI=1S/C19H25N3O2/c1-5-17(15-9-11-20-12-10-15)22(4)19(23)21-16-8-7-14(3)18(13-16)24-6-2/h7-13,17H,5-6H2,1-4H3,(H,21,23)/t17-/m1/s1. The number of rotatable bonds is 6. The molecule has 24 heavy (non-hydrogen) atoms. The highest BCUT2D eigenvalue weighted by Gasteiger charge is 2.20. The lowest BCUT2D eigenvalue weighted by atomic mass is 10.1. The fourth-order valence-electron chi connectivity index (χ4n) is 2.66. The molecule has 0 aliphatic carbocycles. The summed E-state index contributed by atoms with van der Waals surface area (Å²) in [7, 11) is 1.81. The SMILES string of the molecule is CCOc1cc(NC(=O)N(C)[C@H](CC)c2ccncc2)ccc1C. The van der Waals surface area contributed by atoms with Crippen LogP contribution in [0.15, 0.2) is 42.7 Å². The summed E-state index contributed by atoms with van der Waals surface area (Å²) in [4.78, 5) is 18.4. The van der Waals surface area contributed by atoms with Crippen molar-refractivity contribution in [3.05, 3.63) is 53.9 Å². The number of carbonyl (C=O) groups is 1. The Morgan fingerprint density at radius 2 is 1.96 bits per heavy atom. The summed E-state index contributed by atoms with van der Waals surface area (Å²) < 4.78 is 5.59. The van der Waals surface area contributed by atoms with Gasteiger partial charge in [-0.15, -0.1) is 0 Å². The van der Waals surface area contributed by atoms with Gasteiger partial charge in [-0.2, -0.15) is 0 Å². The Morgan fingerprint density at radius 3 is 2.58 bits per heavy atom. The third-order valence-electron chi connectivity index (χ3n) is 4.00. The molecule has 0 aliphatic rings. The van der Waals surface area contributed by atoms with Gasteiger partial charge in [0.15, 0.2) is 0 Å². The van der Waals surface area contributed by atoms with Gasteiger partial charge in [0.05, 0.1) is 12.6 Å². The van der Waals surface area contributed by atoms with Gasteiger partial charge in [0.1, 0.15) is 5.75 Å². The van der Waals surface area contributed by atoms with Gasteiger partial charge < -0.3 is 15.0 Å². The first-order valence-corrected chi connectivity index (χ1v) is 8.24. The molecule has 0 bridgehead atoms. The molecule has 2 amide bonds. The van der Waals surface area contributed by atoms with Crippen LogP contribution in [0.1, 0.15) is 37.4 Å². The lowest BCUT2D eigenvalue weighted by molar-refractivity contribution is 0.202. The molecule has 0 saturated carbocycles. The van der Waals surface area contributed by atoms with Crippen LogP contribution in [0.2, 0.25) is 0 Å². The van der Waals surface area contributed by atoms with E-state index in [2.05, 4.69) is 17.2 Å². The fraction of sp³-hybridized carbons (Fsp3) is 0.368. The van der Waals surface area contributed by atoms with E-state index in [1.54, 1.807) is 17.3 Å². The minimum atomic E-state index is -0.148. The number of nitrogens with zero attached hydrogens (tertiary/aromatic N) is 2. The van der Waals surface area contributed by atoms with Crippen molar-refractivity contribution in [3.63, 3.8) is 0 Å². The van der Waals surface area contributed by atoms with E-state index in [1.165, 1.54) is 0 Å². The Bertz CT molecular complexity index is 674. The largest absolute Gasteiger partial charge is 0.494 e. The molecule has 0 aliphatic heterocycles. The van der Waals surface area contributed by atoms with Crippen molar-refractivity contribution in [3.8, 4) is 5.75 Å². The fourth-order valence-corrected chi connectivity index (χ4v) is 2.66. The highest BCUT2D eigenvalue weighted by atomic mass is 16.5. The number of hydrogen-bond donors (Lipinski definition) is 1. The Hall–Kier alpha value is -2.56. The molecule has 2 rings (SSSR count). The molecular formula is C19H25N3O2. The van der Waals surface area contributed by atoms with Crippen LogP contribution in [0.5, 0.6) is 5.75 Å². The molecule has 0 spiro atoms. The molecule has 1 heterocycles. The number of hydrogen-bond acceptors (Lipinski definition) is 3. The summed E-state index contributed by atoms with van der Waals surface area (Å²) in [5, 5.41) is 2.94. The molecule has 5 heteroatoms. The summed E-state index contributed by atoms with van der Waals surface area (Å²) in [5.41, 5.74) is 2.85. The molecule has 128 valence electrons. The van der Waals surface area contributed by atoms with Crippen LogP contribution >= 0.6 is 0 Å². The Morgan fingerprint density at radius 1 is 1.25 bits per heavy atom. The molecule has 0 saturated heterocycles. The van der Waals surface area contributed by atoms with Crippen LogP contribution in [0.4, 0.5) is 10.5 Å². The lowest BCUT2D eigenvalue weighted by Crippen LogP contribution is -2.34. The molecule has 1 atom stereocenters. The molecule has 1 aromatic heterocycles. The smallest absolute Gasteiger partial charge is 0.322 e. The number of benzene rings is 1. The molecule has 1 aromatic carbocycles. The Labute approximate surface area is 143 Å². The first kappa shape index (κ1) is 17.8. The quantitative estimate of drug-likeness (QED) is 0.855. The zero-order valence-electron chi connectivity index (χ0n) is 14.7. The maximum atomic E-state index is 12.6. The van der Waals surface area contributed by atoms with Gasteiger partial charge in [-0.3, -0.25) is 4.98 Å². The third-order valence-corrected chi connectivity index (χ3v) is 4.00. The Kier molecular flexibility index (Phi) is 6.18. The number of nitrogens with one attached hydrogen (secondary N) is 1. The normalized spacial score (nSPS) is 11.7. The summed E-state index contributed by atoms with van der Waals surface area (Å²) in [6, 6.07) is 9.43. The Balaban J connectivity index is 2.12. The summed E-state index contributed by atoms with van der Waals surface area (Å²) in [6.45, 7) is 6.59. The van der Waals surface area contributed by atoms with Crippen molar-refractivity contribution in [1.82, 2.24) is 9.88 Å². The second kappa shape index (κ2) is 8.34. The van der Waals surface area contributed by atoms with Gasteiger partial charge in [-0.1, -0.05) is 13.0 Å². The monoisotopic (exact) mass is 327 g/mol. The van der Waals surface area contributed by atoms with E-state index < -0.39 is 0 Å². The van der Waals surface area contributed by atoms with Crippen molar-refractivity contribution < 1.29 is 9.53 Å². The van der Waals surface area contributed by atoms with Crippen molar-refractivity contribution in [2.45, 2.75) is 33.2 Å². The first-order chi connectivity index (χ1) is 11.6. The number of carbonyl (C=O) groups excluding carboxylic acids is 1. The predicted octanol–water partition coefficient (Wildman–Crippen LogP) is 4.40. The maximum Gasteiger partial charge on any atom is 0.322 e. The van der Waals surface area contributed by atoms with Gasteiger partial charge in [0.25, 0.3) is 0 Å². The summed E-state index contributed by atoms with van der Waals surface area (Å²) >= 11 is 0. The highest BCUT2D eigenvalue weighted by Crippen LogP contribution is 2.25. The number of ether oxygens (including phenoxy) is 1. The molecule has 1 N–H and O–H groups in total. The van der Waals surface area contributed by atoms with E-state index in [0.717, 1.165) is 29.0 Å².